The second kappa shape index (κ2) is 5.23. The van der Waals surface area contributed by atoms with Crippen LogP contribution in [-0.4, -0.2) is 9.97 Å². The average molecular weight is 317 g/mol. The number of nitrogens with one attached hydrogen (secondary N) is 1. The van der Waals surface area contributed by atoms with Gasteiger partial charge in [0.25, 0.3) is 5.88 Å². The van der Waals surface area contributed by atoms with E-state index in [1.807, 2.05) is 0 Å². The maximum absolute atomic E-state index is 13.4. The lowest BCUT2D eigenvalue weighted by molar-refractivity contribution is 0.396. The van der Waals surface area contributed by atoms with E-state index in [4.69, 9.17) is 10.6 Å². The molecule has 1 aromatic carbocycles. The average Bonchev–Trinajstić information content (AvgIpc) is 2.36. The van der Waals surface area contributed by atoms with Crippen LogP contribution in [0.1, 0.15) is 0 Å². The summed E-state index contributed by atoms with van der Waals surface area (Å²) in [7, 11) is 0. The third kappa shape index (κ3) is 2.71. The number of nitrogen functional groups attached to an aromatic ring is 1. The lowest BCUT2D eigenvalue weighted by Crippen LogP contribution is -2.11. The number of hydrogen-bond donors (Lipinski definition) is 2. The lowest BCUT2D eigenvalue weighted by Gasteiger charge is -2.07. The van der Waals surface area contributed by atoms with Crippen molar-refractivity contribution in [3.05, 3.63) is 40.5 Å². The van der Waals surface area contributed by atoms with E-state index < -0.39 is 17.5 Å². The SMILES string of the molecule is NNc1ncc(F)c(Oc2cc(Br)ccc2F)n1. The normalized spacial score (nSPS) is 10.2. The first-order valence-electron chi connectivity index (χ1n) is 4.72. The summed E-state index contributed by atoms with van der Waals surface area (Å²) in [6.07, 6.45) is 0.868. The predicted molar refractivity (Wildman–Crippen MR) is 64.0 cm³/mol. The molecule has 5 nitrogen and oxygen atoms in total. The summed E-state index contributed by atoms with van der Waals surface area (Å²) >= 11 is 3.15. The van der Waals surface area contributed by atoms with Crippen LogP contribution in [0, 0.1) is 11.6 Å². The van der Waals surface area contributed by atoms with Gasteiger partial charge in [0.2, 0.25) is 11.8 Å². The number of ether oxygens (including phenoxy) is 1. The number of hydrogen-bond acceptors (Lipinski definition) is 5. The van der Waals surface area contributed by atoms with Crippen molar-refractivity contribution >= 4 is 21.9 Å². The van der Waals surface area contributed by atoms with Crippen molar-refractivity contribution in [2.45, 2.75) is 0 Å². The molecule has 94 valence electrons. The van der Waals surface area contributed by atoms with Gasteiger partial charge in [-0.2, -0.15) is 9.37 Å². The van der Waals surface area contributed by atoms with E-state index in [1.165, 1.54) is 18.2 Å². The Morgan fingerprint density at radius 3 is 2.78 bits per heavy atom. The number of nitrogens with zero attached hydrogens (tertiary/aromatic N) is 2. The molecule has 0 radical (unpaired) electrons. The van der Waals surface area contributed by atoms with Crippen molar-refractivity contribution < 1.29 is 13.5 Å². The van der Waals surface area contributed by atoms with Gasteiger partial charge < -0.3 is 4.74 Å². The van der Waals surface area contributed by atoms with E-state index in [2.05, 4.69) is 31.3 Å². The molecule has 0 saturated carbocycles. The predicted octanol–water partition coefficient (Wildman–Crippen LogP) is 2.60. The van der Waals surface area contributed by atoms with Crippen molar-refractivity contribution in [2.75, 3.05) is 5.43 Å². The first-order chi connectivity index (χ1) is 8.60. The Balaban J connectivity index is 2.36. The summed E-state index contributed by atoms with van der Waals surface area (Å²) in [6, 6.07) is 4.03. The Hall–Kier alpha value is -1.80. The highest BCUT2D eigenvalue weighted by atomic mass is 79.9. The van der Waals surface area contributed by atoms with Crippen LogP contribution >= 0.6 is 15.9 Å². The molecule has 3 N–H and O–H groups in total. The van der Waals surface area contributed by atoms with Crippen LogP contribution in [0.3, 0.4) is 0 Å². The van der Waals surface area contributed by atoms with Crippen LogP contribution in [0.4, 0.5) is 14.7 Å². The summed E-state index contributed by atoms with van der Waals surface area (Å²) in [5, 5.41) is 0. The summed E-state index contributed by atoms with van der Waals surface area (Å²) in [5.74, 6) is 2.99. The van der Waals surface area contributed by atoms with Crippen molar-refractivity contribution in [3.63, 3.8) is 0 Å². The van der Waals surface area contributed by atoms with Gasteiger partial charge in [0.1, 0.15) is 0 Å². The molecule has 0 saturated heterocycles. The quantitative estimate of drug-likeness (QED) is 0.672. The summed E-state index contributed by atoms with van der Waals surface area (Å²) < 4.78 is 32.4. The van der Waals surface area contributed by atoms with Crippen LogP contribution in [0.25, 0.3) is 0 Å². The smallest absolute Gasteiger partial charge is 0.261 e. The Labute approximate surface area is 109 Å². The number of rotatable bonds is 3. The zero-order chi connectivity index (χ0) is 13.1. The summed E-state index contributed by atoms with van der Waals surface area (Å²) in [5.41, 5.74) is 2.13. The molecule has 2 aromatic rings. The number of hydrazine groups is 1. The van der Waals surface area contributed by atoms with E-state index >= 15 is 0 Å². The van der Waals surface area contributed by atoms with Crippen molar-refractivity contribution in [1.29, 1.82) is 0 Å². The van der Waals surface area contributed by atoms with Gasteiger partial charge in [-0.25, -0.2) is 15.2 Å². The Morgan fingerprint density at radius 2 is 2.06 bits per heavy atom. The first kappa shape index (κ1) is 12.7. The highest BCUT2D eigenvalue weighted by Crippen LogP contribution is 2.28. The molecule has 1 aromatic heterocycles. The topological polar surface area (TPSA) is 73.1 Å². The van der Waals surface area contributed by atoms with E-state index in [0.29, 0.717) is 4.47 Å². The van der Waals surface area contributed by atoms with Crippen LogP contribution < -0.4 is 16.0 Å². The van der Waals surface area contributed by atoms with E-state index in [9.17, 15) is 8.78 Å². The van der Waals surface area contributed by atoms with E-state index in [1.54, 1.807) is 0 Å². The minimum atomic E-state index is -0.826. The van der Waals surface area contributed by atoms with Crippen molar-refractivity contribution in [2.24, 2.45) is 5.84 Å². The van der Waals surface area contributed by atoms with E-state index in [-0.39, 0.29) is 11.7 Å². The number of nitrogens with two attached hydrogens (primary N) is 1. The Kier molecular flexibility index (Phi) is 3.68. The molecule has 0 aliphatic heterocycles. The van der Waals surface area contributed by atoms with Gasteiger partial charge in [0.05, 0.1) is 6.20 Å². The number of benzene rings is 1. The zero-order valence-corrected chi connectivity index (χ0v) is 10.4. The van der Waals surface area contributed by atoms with Gasteiger partial charge in [-0.3, -0.25) is 5.43 Å². The monoisotopic (exact) mass is 316 g/mol. The minimum Gasteiger partial charge on any atom is -0.433 e. The highest BCUT2D eigenvalue weighted by molar-refractivity contribution is 9.10. The van der Waals surface area contributed by atoms with Gasteiger partial charge in [-0.05, 0) is 18.2 Å². The van der Waals surface area contributed by atoms with Gasteiger partial charge in [0, 0.05) is 4.47 Å². The zero-order valence-electron chi connectivity index (χ0n) is 8.82. The maximum atomic E-state index is 13.4. The molecule has 18 heavy (non-hydrogen) atoms. The molecule has 0 atom stereocenters. The molecule has 0 unspecified atom stereocenters. The number of aromatic nitrogens is 2. The molecule has 8 heteroatoms. The molecule has 1 heterocycles. The van der Waals surface area contributed by atoms with Gasteiger partial charge >= 0.3 is 0 Å². The molecule has 0 spiro atoms. The standard InChI is InChI=1S/C10H7BrF2N4O/c11-5-1-2-6(12)8(3-5)18-9-7(13)4-15-10(16-9)17-14/h1-4H,14H2,(H,15,16,17). The molecular weight excluding hydrogens is 310 g/mol. The maximum Gasteiger partial charge on any atom is 0.261 e. The molecule has 0 amide bonds. The van der Waals surface area contributed by atoms with Crippen LogP contribution in [0.2, 0.25) is 0 Å². The molecule has 0 bridgehead atoms. The highest BCUT2D eigenvalue weighted by Gasteiger charge is 2.12. The molecule has 0 aliphatic carbocycles. The van der Waals surface area contributed by atoms with E-state index in [0.717, 1.165) is 6.20 Å². The molecule has 0 aliphatic rings. The Morgan fingerprint density at radius 1 is 1.28 bits per heavy atom. The fraction of sp³-hybridized carbons (Fsp3) is 0. The molecule has 2 rings (SSSR count). The lowest BCUT2D eigenvalue weighted by atomic mass is 10.3. The van der Waals surface area contributed by atoms with Crippen LogP contribution in [0.15, 0.2) is 28.9 Å². The molecular formula is C10H7BrF2N4O. The van der Waals surface area contributed by atoms with Crippen LogP contribution in [0.5, 0.6) is 11.6 Å². The third-order valence-electron chi connectivity index (χ3n) is 1.94. The Bertz CT molecular complexity index is 582. The fourth-order valence-corrected chi connectivity index (χ4v) is 1.49. The third-order valence-corrected chi connectivity index (χ3v) is 2.43. The fourth-order valence-electron chi connectivity index (χ4n) is 1.15. The van der Waals surface area contributed by atoms with Gasteiger partial charge in [-0.15, -0.1) is 0 Å². The largest absolute Gasteiger partial charge is 0.433 e. The number of anilines is 1. The summed E-state index contributed by atoms with van der Waals surface area (Å²) in [6.45, 7) is 0. The first-order valence-corrected chi connectivity index (χ1v) is 5.51. The number of halogens is 3. The minimum absolute atomic E-state index is 0.0400. The van der Waals surface area contributed by atoms with Crippen molar-refractivity contribution in [1.82, 2.24) is 9.97 Å². The molecule has 0 fully saturated rings. The second-order valence-electron chi connectivity index (χ2n) is 3.17. The van der Waals surface area contributed by atoms with Gasteiger partial charge in [0.15, 0.2) is 11.6 Å². The van der Waals surface area contributed by atoms with Crippen molar-refractivity contribution in [3.8, 4) is 11.6 Å². The summed E-state index contributed by atoms with van der Waals surface area (Å²) in [4.78, 5) is 7.16. The van der Waals surface area contributed by atoms with Gasteiger partial charge in [-0.1, -0.05) is 15.9 Å². The van der Waals surface area contributed by atoms with Crippen LogP contribution in [-0.2, 0) is 0 Å². The second-order valence-corrected chi connectivity index (χ2v) is 4.08.